The number of benzene rings is 1. The highest BCUT2D eigenvalue weighted by Crippen LogP contribution is 2.41. The van der Waals surface area contributed by atoms with Crippen molar-refractivity contribution in [1.29, 1.82) is 0 Å². The second-order valence-electron chi connectivity index (χ2n) is 6.31. The van der Waals surface area contributed by atoms with Crippen LogP contribution in [0.5, 0.6) is 5.75 Å². The van der Waals surface area contributed by atoms with E-state index < -0.39 is 4.92 Å². The van der Waals surface area contributed by atoms with E-state index in [-0.39, 0.29) is 11.4 Å². The highest BCUT2D eigenvalue weighted by Gasteiger charge is 2.43. The molecule has 0 atom stereocenters. The molecule has 0 N–H and O–H groups in total. The van der Waals surface area contributed by atoms with Crippen molar-refractivity contribution in [3.8, 4) is 5.75 Å². The topological polar surface area (TPSA) is 58.9 Å². The van der Waals surface area contributed by atoms with Crippen LogP contribution in [0, 0.1) is 10.1 Å². The zero-order valence-electron chi connectivity index (χ0n) is 13.0. The summed E-state index contributed by atoms with van der Waals surface area (Å²) in [7, 11) is 7.47. The highest BCUT2D eigenvalue weighted by molar-refractivity contribution is 6.36. The number of hydrogen-bond donors (Lipinski definition) is 0. The molecule has 0 bridgehead atoms. The Morgan fingerprint density at radius 3 is 2.41 bits per heavy atom. The molecule has 7 heteroatoms. The number of nitrogens with zero attached hydrogens (tertiary/aromatic N) is 3. The molecule has 1 aromatic carbocycles. The maximum Gasteiger partial charge on any atom is 0.310 e. The molecule has 1 aliphatic heterocycles. The van der Waals surface area contributed by atoms with Crippen LogP contribution >= 0.6 is 0 Å². The van der Waals surface area contributed by atoms with Crippen LogP contribution < -0.4 is 15.1 Å². The van der Waals surface area contributed by atoms with Gasteiger partial charge in [-0.05, 0) is 19.8 Å². The second-order valence-corrected chi connectivity index (χ2v) is 6.31. The Morgan fingerprint density at radius 1 is 1.27 bits per heavy atom. The lowest BCUT2D eigenvalue weighted by Crippen LogP contribution is -2.51. The normalized spacial score (nSPS) is 20.7. The highest BCUT2D eigenvalue weighted by atomic mass is 16.6. The van der Waals surface area contributed by atoms with E-state index in [0.717, 1.165) is 31.9 Å². The smallest absolute Gasteiger partial charge is 0.310 e. The molecule has 0 aromatic heterocycles. The van der Waals surface area contributed by atoms with Crippen molar-refractivity contribution >= 4 is 24.7 Å². The van der Waals surface area contributed by atoms with E-state index in [1.54, 1.807) is 6.07 Å². The van der Waals surface area contributed by atoms with Gasteiger partial charge in [0.25, 0.3) is 0 Å². The van der Waals surface area contributed by atoms with Crippen LogP contribution in [-0.2, 0) is 0 Å². The third-order valence-corrected chi connectivity index (χ3v) is 4.88. The Bertz CT molecular complexity index is 596. The van der Waals surface area contributed by atoms with Crippen LogP contribution in [0.3, 0.4) is 0 Å². The fourth-order valence-corrected chi connectivity index (χ4v) is 3.14. The first kappa shape index (κ1) is 15.2. The Balaban J connectivity index is 1.79. The molecule has 116 valence electrons. The van der Waals surface area contributed by atoms with Gasteiger partial charge in [0.1, 0.15) is 7.85 Å². The van der Waals surface area contributed by atoms with Gasteiger partial charge in [-0.1, -0.05) is 5.46 Å². The minimum Gasteiger partial charge on any atom is -0.490 e. The molecule has 0 unspecified atom stereocenters. The quantitative estimate of drug-likeness (QED) is 0.473. The monoisotopic (exact) mass is 301 g/mol. The van der Waals surface area contributed by atoms with Crippen molar-refractivity contribution in [1.82, 2.24) is 4.90 Å². The summed E-state index contributed by atoms with van der Waals surface area (Å²) in [5.41, 5.74) is 1.56. The van der Waals surface area contributed by atoms with E-state index >= 15 is 0 Å². The fourth-order valence-electron chi connectivity index (χ4n) is 3.14. The van der Waals surface area contributed by atoms with Gasteiger partial charge in [0, 0.05) is 49.5 Å². The van der Waals surface area contributed by atoms with E-state index in [9.17, 15) is 10.1 Å². The number of nitro benzene ring substituents is 1. The van der Waals surface area contributed by atoms with Crippen LogP contribution in [0.2, 0.25) is 0 Å². The number of rotatable bonds is 4. The first-order valence-corrected chi connectivity index (χ1v) is 7.56. The molecule has 3 rings (SSSR count). The SMILES string of the molecule is [B]c1cc([N+](=O)[O-])c(OC)cc1N1CCN(C2(C)CC2)CC1. The minimum absolute atomic E-state index is 0.0899. The molecule has 2 radical (unpaired) electrons. The molecule has 6 nitrogen and oxygen atoms in total. The van der Waals surface area contributed by atoms with E-state index in [4.69, 9.17) is 12.6 Å². The van der Waals surface area contributed by atoms with Gasteiger partial charge in [-0.3, -0.25) is 15.0 Å². The summed E-state index contributed by atoms with van der Waals surface area (Å²) in [6.07, 6.45) is 2.56. The number of methoxy groups -OCH3 is 1. The molecule has 2 fully saturated rings. The standard InChI is InChI=1S/C15H20BN3O3/c1-15(3-4-15)18-7-5-17(6-8-18)12-10-14(22-2)13(19(20)21)9-11(12)16/h9-10H,3-8H2,1-2H3. The van der Waals surface area contributed by atoms with Crippen molar-refractivity contribution in [2.75, 3.05) is 38.2 Å². The predicted octanol–water partition coefficient (Wildman–Crippen LogP) is 1.07. The van der Waals surface area contributed by atoms with Gasteiger partial charge >= 0.3 is 5.69 Å². The Morgan fingerprint density at radius 2 is 1.91 bits per heavy atom. The first-order chi connectivity index (χ1) is 10.4. The van der Waals surface area contributed by atoms with Crippen LogP contribution in [0.25, 0.3) is 0 Å². The van der Waals surface area contributed by atoms with Gasteiger partial charge < -0.3 is 9.64 Å². The summed E-state index contributed by atoms with van der Waals surface area (Å²) >= 11 is 0. The fraction of sp³-hybridized carbons (Fsp3) is 0.600. The van der Waals surface area contributed by atoms with Gasteiger partial charge in [0.2, 0.25) is 0 Å². The molecule has 0 spiro atoms. The molecular weight excluding hydrogens is 281 g/mol. The van der Waals surface area contributed by atoms with Crippen molar-refractivity contribution in [3.63, 3.8) is 0 Å². The van der Waals surface area contributed by atoms with Gasteiger partial charge in [0.05, 0.1) is 12.0 Å². The number of piperazine rings is 1. The van der Waals surface area contributed by atoms with E-state index in [2.05, 4.69) is 16.7 Å². The van der Waals surface area contributed by atoms with Crippen molar-refractivity contribution in [3.05, 3.63) is 22.2 Å². The third-order valence-electron chi connectivity index (χ3n) is 4.88. The van der Waals surface area contributed by atoms with E-state index in [1.807, 2.05) is 0 Å². The second kappa shape index (κ2) is 5.46. The summed E-state index contributed by atoms with van der Waals surface area (Å²) in [6, 6.07) is 3.07. The Hall–Kier alpha value is -1.76. The maximum atomic E-state index is 11.0. The summed E-state index contributed by atoms with van der Waals surface area (Å²) in [5.74, 6) is 0.255. The molecular formula is C15H20BN3O3. The largest absolute Gasteiger partial charge is 0.490 e. The van der Waals surface area contributed by atoms with Gasteiger partial charge in [0.15, 0.2) is 5.75 Å². The molecule has 1 heterocycles. The molecule has 2 aliphatic rings. The number of nitro groups is 1. The minimum atomic E-state index is -0.467. The van der Waals surface area contributed by atoms with Gasteiger partial charge in [-0.15, -0.1) is 0 Å². The summed E-state index contributed by atoms with van der Waals surface area (Å²) in [6.45, 7) is 6.05. The van der Waals surface area contributed by atoms with Crippen LogP contribution in [0.1, 0.15) is 19.8 Å². The maximum absolute atomic E-state index is 11.0. The molecule has 0 amide bonds. The van der Waals surface area contributed by atoms with Crippen molar-refractivity contribution < 1.29 is 9.66 Å². The number of ether oxygens (including phenoxy) is 1. The average molecular weight is 301 g/mol. The zero-order valence-corrected chi connectivity index (χ0v) is 13.0. The lowest BCUT2D eigenvalue weighted by molar-refractivity contribution is -0.385. The first-order valence-electron chi connectivity index (χ1n) is 7.56. The summed E-state index contributed by atoms with van der Waals surface area (Å²) < 4.78 is 5.14. The molecule has 1 aliphatic carbocycles. The van der Waals surface area contributed by atoms with Crippen molar-refractivity contribution in [2.24, 2.45) is 0 Å². The predicted molar refractivity (Wildman–Crippen MR) is 86.5 cm³/mol. The molecule has 1 saturated heterocycles. The lowest BCUT2D eigenvalue weighted by atomic mass is 9.92. The van der Waals surface area contributed by atoms with E-state index in [0.29, 0.717) is 11.0 Å². The van der Waals surface area contributed by atoms with Gasteiger partial charge in [-0.2, -0.15) is 0 Å². The van der Waals surface area contributed by atoms with Gasteiger partial charge in [-0.25, -0.2) is 0 Å². The van der Waals surface area contributed by atoms with Crippen LogP contribution in [0.15, 0.2) is 12.1 Å². The molecule has 1 aromatic rings. The van der Waals surface area contributed by atoms with Crippen LogP contribution in [0.4, 0.5) is 11.4 Å². The lowest BCUT2D eigenvalue weighted by Gasteiger charge is -2.40. The van der Waals surface area contributed by atoms with Crippen molar-refractivity contribution in [2.45, 2.75) is 25.3 Å². The zero-order chi connectivity index (χ0) is 15.9. The summed E-state index contributed by atoms with van der Waals surface area (Å²) in [5, 5.41) is 11.0. The average Bonchev–Trinajstić information content (AvgIpc) is 3.26. The number of hydrogen-bond acceptors (Lipinski definition) is 5. The number of anilines is 1. The third kappa shape index (κ3) is 2.65. The van der Waals surface area contributed by atoms with Crippen LogP contribution in [-0.4, -0.2) is 56.5 Å². The summed E-state index contributed by atoms with van der Waals surface area (Å²) in [4.78, 5) is 15.3. The molecule has 1 saturated carbocycles. The van der Waals surface area contributed by atoms with E-state index in [1.165, 1.54) is 26.0 Å². The Labute approximate surface area is 131 Å². The Kier molecular flexibility index (Phi) is 3.76. The molecule has 22 heavy (non-hydrogen) atoms.